The van der Waals surface area contributed by atoms with Crippen LogP contribution in [0.25, 0.3) is 0 Å². The highest BCUT2D eigenvalue weighted by Gasteiger charge is 2.37. The number of amides is 4. The molecule has 0 aromatic heterocycles. The van der Waals surface area contributed by atoms with Crippen LogP contribution in [0, 0.1) is 0 Å². The second-order valence-corrected chi connectivity index (χ2v) is 9.27. The van der Waals surface area contributed by atoms with Crippen molar-refractivity contribution in [2.24, 2.45) is 0 Å². The van der Waals surface area contributed by atoms with E-state index in [4.69, 9.17) is 4.74 Å². The van der Waals surface area contributed by atoms with Crippen LogP contribution in [0.3, 0.4) is 0 Å². The number of imide groups is 1. The molecule has 1 atom stereocenters. The number of nitrogens with one attached hydrogen (secondary N) is 3. The van der Waals surface area contributed by atoms with Gasteiger partial charge in [0.05, 0.1) is 6.54 Å². The maximum Gasteiger partial charge on any atom is 0.401 e. The van der Waals surface area contributed by atoms with Crippen LogP contribution < -0.4 is 16.0 Å². The van der Waals surface area contributed by atoms with Crippen LogP contribution in [0.15, 0.2) is 24.3 Å². The second kappa shape index (κ2) is 10.5. The van der Waals surface area contributed by atoms with Gasteiger partial charge in [-0.1, -0.05) is 24.3 Å². The first-order valence-electron chi connectivity index (χ1n) is 11.8. The van der Waals surface area contributed by atoms with Crippen LogP contribution in [-0.4, -0.2) is 73.2 Å². The lowest BCUT2D eigenvalue weighted by Crippen LogP contribution is -2.70. The molecular formula is C23H32F3N5O3. The van der Waals surface area contributed by atoms with Crippen LogP contribution in [0.2, 0.25) is 0 Å². The molecule has 3 aliphatic rings. The minimum absolute atomic E-state index is 0.175. The van der Waals surface area contributed by atoms with E-state index in [9.17, 15) is 22.8 Å². The number of benzene rings is 1. The normalized spacial score (nSPS) is 23.0. The van der Waals surface area contributed by atoms with Gasteiger partial charge in [0.15, 0.2) is 6.29 Å². The van der Waals surface area contributed by atoms with Gasteiger partial charge in [-0.15, -0.1) is 0 Å². The Bertz CT molecular complexity index is 852. The van der Waals surface area contributed by atoms with E-state index in [1.54, 1.807) is 0 Å². The number of halogens is 3. The van der Waals surface area contributed by atoms with Crippen LogP contribution in [-0.2, 0) is 4.74 Å². The first kappa shape index (κ1) is 24.7. The zero-order valence-electron chi connectivity index (χ0n) is 19.2. The maximum absolute atomic E-state index is 12.7. The molecule has 1 aromatic carbocycles. The van der Waals surface area contributed by atoms with Crippen molar-refractivity contribution in [3.63, 3.8) is 0 Å². The summed E-state index contributed by atoms with van der Waals surface area (Å²) in [6.07, 6.45) is -2.27. The third kappa shape index (κ3) is 6.19. The molecule has 3 fully saturated rings. The van der Waals surface area contributed by atoms with E-state index < -0.39 is 31.1 Å². The maximum atomic E-state index is 12.7. The Hall–Kier alpha value is -2.37. The third-order valence-electron chi connectivity index (χ3n) is 6.82. The summed E-state index contributed by atoms with van der Waals surface area (Å²) in [5.41, 5.74) is 2.07. The van der Waals surface area contributed by atoms with E-state index in [1.807, 2.05) is 25.1 Å². The summed E-state index contributed by atoms with van der Waals surface area (Å²) >= 11 is 0. The topological polar surface area (TPSA) is 85.9 Å². The predicted molar refractivity (Wildman–Crippen MR) is 119 cm³/mol. The molecule has 3 N–H and O–H groups in total. The molecule has 4 rings (SSSR count). The fourth-order valence-electron chi connectivity index (χ4n) is 4.98. The number of urea groups is 2. The van der Waals surface area contributed by atoms with Crippen LogP contribution >= 0.6 is 0 Å². The Morgan fingerprint density at radius 1 is 1.09 bits per heavy atom. The van der Waals surface area contributed by atoms with Gasteiger partial charge in [0.25, 0.3) is 0 Å². The first-order valence-corrected chi connectivity index (χ1v) is 11.8. The minimum atomic E-state index is -4.17. The van der Waals surface area contributed by atoms with Crippen molar-refractivity contribution in [3.05, 3.63) is 35.4 Å². The van der Waals surface area contributed by atoms with E-state index in [0.29, 0.717) is 52.0 Å². The standard InChI is InChI=1S/C23H32F3N5O3/c1-15(27-20-28-21(32)31(22(33)29-20)19-7-11-34-12-8-19)17-3-2-4-18(13-17)16-5-9-30(10-6-16)14-23(24,25)26/h2-4,13,15-16,19-20,27H,5-12,14H2,1H3,(H,28,32)(H,29,33)/t15-/m0/s1. The van der Waals surface area contributed by atoms with Crippen molar-refractivity contribution in [2.75, 3.05) is 32.8 Å². The Morgan fingerprint density at radius 3 is 2.35 bits per heavy atom. The third-order valence-corrected chi connectivity index (χ3v) is 6.82. The molecule has 0 aliphatic carbocycles. The van der Waals surface area contributed by atoms with E-state index >= 15 is 0 Å². The Kier molecular flexibility index (Phi) is 7.63. The average molecular weight is 484 g/mol. The van der Waals surface area contributed by atoms with Crippen molar-refractivity contribution in [3.8, 4) is 0 Å². The quantitative estimate of drug-likeness (QED) is 0.578. The van der Waals surface area contributed by atoms with Gasteiger partial charge in [-0.25, -0.2) is 14.5 Å². The summed E-state index contributed by atoms with van der Waals surface area (Å²) in [6, 6.07) is 6.76. The number of alkyl halides is 3. The Morgan fingerprint density at radius 2 is 1.74 bits per heavy atom. The van der Waals surface area contributed by atoms with Gasteiger partial charge in [0.2, 0.25) is 0 Å². The highest BCUT2D eigenvalue weighted by atomic mass is 19.4. The van der Waals surface area contributed by atoms with E-state index in [2.05, 4.69) is 22.0 Å². The molecule has 3 aliphatic heterocycles. The Balaban J connectivity index is 1.32. The van der Waals surface area contributed by atoms with Crippen molar-refractivity contribution in [1.29, 1.82) is 0 Å². The fraction of sp³-hybridized carbons (Fsp3) is 0.652. The highest BCUT2D eigenvalue weighted by molar-refractivity contribution is 5.96. The average Bonchev–Trinajstić information content (AvgIpc) is 2.79. The molecule has 3 saturated heterocycles. The second-order valence-electron chi connectivity index (χ2n) is 9.27. The summed E-state index contributed by atoms with van der Waals surface area (Å²) in [7, 11) is 0. The Labute approximate surface area is 197 Å². The molecule has 4 amide bonds. The number of nitrogens with zero attached hydrogens (tertiary/aromatic N) is 2. The number of ether oxygens (including phenoxy) is 1. The largest absolute Gasteiger partial charge is 0.401 e. The number of piperidine rings is 1. The smallest absolute Gasteiger partial charge is 0.381 e. The van der Waals surface area contributed by atoms with E-state index in [1.165, 1.54) is 9.80 Å². The summed E-state index contributed by atoms with van der Waals surface area (Å²) in [5, 5.41) is 8.84. The molecule has 188 valence electrons. The molecule has 3 heterocycles. The molecule has 11 heteroatoms. The lowest BCUT2D eigenvalue weighted by atomic mass is 9.88. The van der Waals surface area contributed by atoms with Gasteiger partial charge < -0.3 is 15.4 Å². The lowest BCUT2D eigenvalue weighted by Gasteiger charge is -2.39. The van der Waals surface area contributed by atoms with Gasteiger partial charge in [-0.05, 0) is 62.7 Å². The number of likely N-dealkylation sites (tertiary alicyclic amines) is 1. The van der Waals surface area contributed by atoms with Gasteiger partial charge in [0.1, 0.15) is 0 Å². The zero-order valence-corrected chi connectivity index (χ0v) is 19.2. The number of carbonyl (C=O) groups excluding carboxylic acids is 2. The monoisotopic (exact) mass is 483 g/mol. The summed E-state index contributed by atoms with van der Waals surface area (Å²) in [5.74, 6) is 0.207. The molecular weight excluding hydrogens is 451 g/mol. The molecule has 1 aromatic rings. The summed E-state index contributed by atoms with van der Waals surface area (Å²) < 4.78 is 43.3. The number of carbonyl (C=O) groups is 2. The number of hydrogen-bond donors (Lipinski definition) is 3. The van der Waals surface area contributed by atoms with Gasteiger partial charge in [-0.2, -0.15) is 13.2 Å². The van der Waals surface area contributed by atoms with E-state index in [0.717, 1.165) is 11.1 Å². The predicted octanol–water partition coefficient (Wildman–Crippen LogP) is 3.28. The molecule has 0 radical (unpaired) electrons. The molecule has 8 nitrogen and oxygen atoms in total. The molecule has 0 unspecified atom stereocenters. The van der Waals surface area contributed by atoms with Crippen LogP contribution in [0.5, 0.6) is 0 Å². The van der Waals surface area contributed by atoms with Gasteiger partial charge in [0, 0.05) is 25.3 Å². The zero-order chi connectivity index (χ0) is 24.3. The lowest BCUT2D eigenvalue weighted by molar-refractivity contribution is -0.147. The van der Waals surface area contributed by atoms with Crippen LogP contribution in [0.4, 0.5) is 22.8 Å². The number of rotatable bonds is 6. The SMILES string of the molecule is C[C@H](NC1NC(=O)N(C2CCOCC2)C(=O)N1)c1cccc(C2CCN(CC(F)(F)F)CC2)c1. The van der Waals surface area contributed by atoms with Crippen molar-refractivity contribution >= 4 is 12.1 Å². The van der Waals surface area contributed by atoms with Crippen LogP contribution in [0.1, 0.15) is 55.7 Å². The van der Waals surface area contributed by atoms with Crippen molar-refractivity contribution < 1.29 is 27.5 Å². The van der Waals surface area contributed by atoms with E-state index in [-0.39, 0.29) is 18.0 Å². The molecule has 0 bridgehead atoms. The van der Waals surface area contributed by atoms with Crippen molar-refractivity contribution in [2.45, 2.75) is 63.1 Å². The minimum Gasteiger partial charge on any atom is -0.381 e. The van der Waals surface area contributed by atoms with Crippen molar-refractivity contribution in [1.82, 2.24) is 25.8 Å². The fourth-order valence-corrected chi connectivity index (χ4v) is 4.98. The van der Waals surface area contributed by atoms with Gasteiger partial charge >= 0.3 is 18.2 Å². The molecule has 0 spiro atoms. The summed E-state index contributed by atoms with van der Waals surface area (Å²) in [4.78, 5) is 27.9. The molecule has 34 heavy (non-hydrogen) atoms. The molecule has 0 saturated carbocycles. The summed E-state index contributed by atoms with van der Waals surface area (Å²) in [6.45, 7) is 2.98. The number of hydrogen-bond acceptors (Lipinski definition) is 5. The highest BCUT2D eigenvalue weighted by Crippen LogP contribution is 2.31. The van der Waals surface area contributed by atoms with Gasteiger partial charge in [-0.3, -0.25) is 10.2 Å². The first-order chi connectivity index (χ1) is 16.2.